The maximum atomic E-state index is 12.3. The topological polar surface area (TPSA) is 64.3 Å². The molecule has 0 amide bonds. The van der Waals surface area contributed by atoms with E-state index in [0.29, 0.717) is 16.0 Å². The van der Waals surface area contributed by atoms with E-state index in [1.807, 2.05) is 35.7 Å². The average Bonchev–Trinajstić information content (AvgIpc) is 3.05. The molecule has 25 heavy (non-hydrogen) atoms. The van der Waals surface area contributed by atoms with E-state index in [-0.39, 0.29) is 24.1 Å². The van der Waals surface area contributed by atoms with E-state index in [4.69, 9.17) is 4.74 Å². The quantitative estimate of drug-likeness (QED) is 0.761. The number of benzene rings is 1. The lowest BCUT2D eigenvalue weighted by atomic mass is 9.87. The first-order chi connectivity index (χ1) is 11.8. The Bertz CT molecular complexity index is 907. The van der Waals surface area contributed by atoms with Crippen LogP contribution < -0.4 is 10.3 Å². The van der Waals surface area contributed by atoms with Crippen LogP contribution in [0, 0.1) is 0 Å². The molecular formula is C19H22N2O3S. The highest BCUT2D eigenvalue weighted by molar-refractivity contribution is 7.17. The van der Waals surface area contributed by atoms with Crippen molar-refractivity contribution in [2.45, 2.75) is 38.8 Å². The largest absolute Gasteiger partial charge is 0.491 e. The zero-order valence-electron chi connectivity index (χ0n) is 14.6. The van der Waals surface area contributed by atoms with E-state index in [0.717, 1.165) is 0 Å². The van der Waals surface area contributed by atoms with E-state index >= 15 is 0 Å². The summed E-state index contributed by atoms with van der Waals surface area (Å²) in [5, 5.41) is 12.0. The molecule has 6 heteroatoms. The maximum absolute atomic E-state index is 12.3. The van der Waals surface area contributed by atoms with Crippen molar-refractivity contribution in [3.8, 4) is 5.75 Å². The predicted octanol–water partition coefficient (Wildman–Crippen LogP) is 3.20. The Morgan fingerprint density at radius 2 is 1.96 bits per heavy atom. The van der Waals surface area contributed by atoms with Crippen molar-refractivity contribution in [2.75, 3.05) is 6.61 Å². The summed E-state index contributed by atoms with van der Waals surface area (Å²) in [6, 6.07) is 9.67. The fourth-order valence-electron chi connectivity index (χ4n) is 2.53. The molecule has 2 aromatic heterocycles. The third-order valence-electron chi connectivity index (χ3n) is 4.01. The number of nitrogens with zero attached hydrogens (tertiary/aromatic N) is 2. The summed E-state index contributed by atoms with van der Waals surface area (Å²) in [6.45, 7) is 6.73. The number of thiophene rings is 1. The van der Waals surface area contributed by atoms with Crippen molar-refractivity contribution >= 4 is 21.6 Å². The molecule has 0 fully saturated rings. The number of aromatic nitrogens is 2. The number of aliphatic hydroxyl groups excluding tert-OH is 1. The molecule has 0 aliphatic heterocycles. The minimum absolute atomic E-state index is 0.0899. The van der Waals surface area contributed by atoms with Gasteiger partial charge in [0.1, 0.15) is 23.2 Å². The monoisotopic (exact) mass is 358 g/mol. The van der Waals surface area contributed by atoms with Crippen LogP contribution in [0.25, 0.3) is 10.2 Å². The van der Waals surface area contributed by atoms with Crippen LogP contribution in [0.2, 0.25) is 0 Å². The molecule has 0 aliphatic rings. The van der Waals surface area contributed by atoms with Crippen molar-refractivity contribution in [1.82, 2.24) is 9.55 Å². The van der Waals surface area contributed by atoms with Crippen molar-refractivity contribution in [3.63, 3.8) is 0 Å². The van der Waals surface area contributed by atoms with Crippen molar-refractivity contribution in [1.29, 1.82) is 0 Å². The molecule has 1 N–H and O–H groups in total. The molecule has 1 aromatic carbocycles. The molecule has 132 valence electrons. The Morgan fingerprint density at radius 1 is 1.24 bits per heavy atom. The fourth-order valence-corrected chi connectivity index (χ4v) is 3.32. The standard InChI is InChI=1S/C19H22N2O3S/c1-19(2,3)13-4-6-15(7-5-13)24-11-14(22)10-21-12-20-16-8-9-25-17(16)18(21)23/h4-9,12,14,22H,10-11H2,1-3H3/t14-/m0/s1. The average molecular weight is 358 g/mol. The number of rotatable bonds is 5. The van der Waals surface area contributed by atoms with Crippen molar-refractivity contribution < 1.29 is 9.84 Å². The summed E-state index contributed by atoms with van der Waals surface area (Å²) in [5.41, 5.74) is 1.87. The minimum atomic E-state index is -0.792. The molecule has 0 saturated heterocycles. The molecule has 0 saturated carbocycles. The van der Waals surface area contributed by atoms with Gasteiger partial charge < -0.3 is 9.84 Å². The Kier molecular flexibility index (Phi) is 4.92. The molecular weight excluding hydrogens is 336 g/mol. The van der Waals surface area contributed by atoms with Gasteiger partial charge in [0.2, 0.25) is 0 Å². The molecule has 0 aliphatic carbocycles. The molecule has 0 spiro atoms. The number of hydrogen-bond donors (Lipinski definition) is 1. The Balaban J connectivity index is 1.61. The van der Waals surface area contributed by atoms with Gasteiger partial charge in [-0.25, -0.2) is 4.98 Å². The summed E-state index contributed by atoms with van der Waals surface area (Å²) in [6.07, 6.45) is 0.679. The summed E-state index contributed by atoms with van der Waals surface area (Å²) in [7, 11) is 0. The Hall–Kier alpha value is -2.18. The molecule has 5 nitrogen and oxygen atoms in total. The van der Waals surface area contributed by atoms with Gasteiger partial charge in [-0.05, 0) is 34.6 Å². The Morgan fingerprint density at radius 3 is 2.64 bits per heavy atom. The third kappa shape index (κ3) is 4.08. The summed E-state index contributed by atoms with van der Waals surface area (Å²) >= 11 is 1.36. The zero-order valence-corrected chi connectivity index (χ0v) is 15.4. The van der Waals surface area contributed by atoms with Gasteiger partial charge in [-0.2, -0.15) is 0 Å². The molecule has 1 atom stereocenters. The molecule has 0 radical (unpaired) electrons. The van der Waals surface area contributed by atoms with Gasteiger partial charge in [-0.1, -0.05) is 32.9 Å². The molecule has 0 bridgehead atoms. The van der Waals surface area contributed by atoms with Crippen LogP contribution in [-0.4, -0.2) is 27.4 Å². The maximum Gasteiger partial charge on any atom is 0.271 e. The van der Waals surface area contributed by atoms with E-state index in [9.17, 15) is 9.90 Å². The minimum Gasteiger partial charge on any atom is -0.491 e. The van der Waals surface area contributed by atoms with Crippen LogP contribution in [0.5, 0.6) is 5.75 Å². The lowest BCUT2D eigenvalue weighted by molar-refractivity contribution is 0.0915. The predicted molar refractivity (Wildman–Crippen MR) is 101 cm³/mol. The fraction of sp³-hybridized carbons (Fsp3) is 0.368. The van der Waals surface area contributed by atoms with E-state index in [2.05, 4.69) is 25.8 Å². The summed E-state index contributed by atoms with van der Waals surface area (Å²) in [5.74, 6) is 0.700. The summed E-state index contributed by atoms with van der Waals surface area (Å²) < 4.78 is 7.67. The van der Waals surface area contributed by atoms with Gasteiger partial charge in [-0.15, -0.1) is 11.3 Å². The first-order valence-corrected chi connectivity index (χ1v) is 9.06. The number of ether oxygens (including phenoxy) is 1. The van der Waals surface area contributed by atoms with Crippen LogP contribution in [-0.2, 0) is 12.0 Å². The SMILES string of the molecule is CC(C)(C)c1ccc(OC[C@@H](O)Cn2cnc3ccsc3c2=O)cc1. The second-order valence-electron chi connectivity index (χ2n) is 7.08. The first-order valence-electron chi connectivity index (χ1n) is 8.18. The smallest absolute Gasteiger partial charge is 0.271 e. The van der Waals surface area contributed by atoms with Gasteiger partial charge in [0.25, 0.3) is 5.56 Å². The van der Waals surface area contributed by atoms with E-state index < -0.39 is 6.10 Å². The number of hydrogen-bond acceptors (Lipinski definition) is 5. The van der Waals surface area contributed by atoms with Crippen LogP contribution in [0.3, 0.4) is 0 Å². The van der Waals surface area contributed by atoms with Crippen molar-refractivity contribution in [3.05, 3.63) is 58.0 Å². The van der Waals surface area contributed by atoms with Crippen LogP contribution >= 0.6 is 11.3 Å². The number of fused-ring (bicyclic) bond motifs is 1. The number of aliphatic hydroxyl groups is 1. The summed E-state index contributed by atoms with van der Waals surface area (Å²) in [4.78, 5) is 16.5. The highest BCUT2D eigenvalue weighted by Gasteiger charge is 2.14. The molecule has 3 aromatic rings. The normalized spacial score (nSPS) is 13.1. The van der Waals surface area contributed by atoms with Gasteiger partial charge in [0, 0.05) is 0 Å². The highest BCUT2D eigenvalue weighted by Crippen LogP contribution is 2.24. The van der Waals surface area contributed by atoms with Crippen LogP contribution in [0.4, 0.5) is 0 Å². The first kappa shape index (κ1) is 17.6. The molecule has 2 heterocycles. The Labute approximate surface area is 150 Å². The van der Waals surface area contributed by atoms with Crippen LogP contribution in [0.1, 0.15) is 26.3 Å². The highest BCUT2D eigenvalue weighted by atomic mass is 32.1. The second-order valence-corrected chi connectivity index (χ2v) is 7.99. The van der Waals surface area contributed by atoms with Crippen LogP contribution in [0.15, 0.2) is 46.8 Å². The van der Waals surface area contributed by atoms with E-state index in [1.54, 1.807) is 0 Å². The molecule has 0 unspecified atom stereocenters. The van der Waals surface area contributed by atoms with Crippen molar-refractivity contribution in [2.24, 2.45) is 0 Å². The molecule has 3 rings (SSSR count). The van der Waals surface area contributed by atoms with Gasteiger partial charge in [0.05, 0.1) is 18.4 Å². The van der Waals surface area contributed by atoms with Gasteiger partial charge in [-0.3, -0.25) is 9.36 Å². The van der Waals surface area contributed by atoms with Gasteiger partial charge >= 0.3 is 0 Å². The van der Waals surface area contributed by atoms with E-state index in [1.165, 1.54) is 27.8 Å². The zero-order chi connectivity index (χ0) is 18.0. The third-order valence-corrected chi connectivity index (χ3v) is 4.90. The lowest BCUT2D eigenvalue weighted by Crippen LogP contribution is -2.30. The second kappa shape index (κ2) is 6.98. The van der Waals surface area contributed by atoms with Gasteiger partial charge in [0.15, 0.2) is 0 Å². The lowest BCUT2D eigenvalue weighted by Gasteiger charge is -2.19.